The Morgan fingerprint density at radius 1 is 1.53 bits per heavy atom. The standard InChI is InChI=1S/C12H16N2O2S/c1-9-5-6-14(7-8-17-9)11-4-2-3-10(13-11)12(15)16/h2-4,9H,5-8H2,1H3,(H,15,16). The molecule has 1 unspecified atom stereocenters. The Morgan fingerprint density at radius 2 is 2.35 bits per heavy atom. The summed E-state index contributed by atoms with van der Waals surface area (Å²) in [5.74, 6) is 0.879. The zero-order valence-corrected chi connectivity index (χ0v) is 10.6. The molecule has 4 nitrogen and oxygen atoms in total. The van der Waals surface area contributed by atoms with Gasteiger partial charge in [-0.2, -0.15) is 11.8 Å². The van der Waals surface area contributed by atoms with Crippen molar-refractivity contribution in [2.45, 2.75) is 18.6 Å². The van der Waals surface area contributed by atoms with Crippen molar-refractivity contribution in [2.75, 3.05) is 23.7 Å². The fourth-order valence-electron chi connectivity index (χ4n) is 1.84. The molecule has 1 saturated heterocycles. The van der Waals surface area contributed by atoms with Crippen molar-refractivity contribution in [3.63, 3.8) is 0 Å². The van der Waals surface area contributed by atoms with E-state index < -0.39 is 5.97 Å². The molecule has 17 heavy (non-hydrogen) atoms. The molecule has 2 heterocycles. The lowest BCUT2D eigenvalue weighted by atomic mass is 10.3. The van der Waals surface area contributed by atoms with Crippen LogP contribution in [-0.4, -0.2) is 40.2 Å². The summed E-state index contributed by atoms with van der Waals surface area (Å²) in [4.78, 5) is 17.2. The second-order valence-electron chi connectivity index (χ2n) is 4.14. The van der Waals surface area contributed by atoms with Crippen LogP contribution in [0.5, 0.6) is 0 Å². The van der Waals surface area contributed by atoms with Gasteiger partial charge in [0.15, 0.2) is 5.69 Å². The van der Waals surface area contributed by atoms with Crippen LogP contribution in [0.4, 0.5) is 5.82 Å². The van der Waals surface area contributed by atoms with Crippen LogP contribution in [0, 0.1) is 0 Å². The van der Waals surface area contributed by atoms with Crippen molar-refractivity contribution in [2.24, 2.45) is 0 Å². The van der Waals surface area contributed by atoms with E-state index in [2.05, 4.69) is 16.8 Å². The number of hydrogen-bond acceptors (Lipinski definition) is 4. The monoisotopic (exact) mass is 252 g/mol. The average Bonchev–Trinajstić information content (AvgIpc) is 2.54. The molecule has 0 spiro atoms. The van der Waals surface area contributed by atoms with E-state index in [4.69, 9.17) is 5.11 Å². The summed E-state index contributed by atoms with van der Waals surface area (Å²) in [7, 11) is 0. The number of aromatic carboxylic acids is 1. The van der Waals surface area contributed by atoms with E-state index in [0.29, 0.717) is 5.25 Å². The maximum absolute atomic E-state index is 10.9. The highest BCUT2D eigenvalue weighted by atomic mass is 32.2. The molecule has 0 amide bonds. The molecule has 1 aromatic rings. The summed E-state index contributed by atoms with van der Waals surface area (Å²) in [5, 5.41) is 9.59. The third-order valence-electron chi connectivity index (χ3n) is 2.85. The lowest BCUT2D eigenvalue weighted by molar-refractivity contribution is 0.0690. The number of carboxylic acid groups (broad SMARTS) is 1. The van der Waals surface area contributed by atoms with Gasteiger partial charge < -0.3 is 10.0 Å². The molecule has 1 aromatic heterocycles. The van der Waals surface area contributed by atoms with Crippen LogP contribution in [0.25, 0.3) is 0 Å². The SMILES string of the molecule is CC1CCN(c2cccc(C(=O)O)n2)CCS1. The molecule has 0 bridgehead atoms. The Balaban J connectivity index is 2.15. The average molecular weight is 252 g/mol. The number of carbonyl (C=O) groups is 1. The third-order valence-corrected chi connectivity index (χ3v) is 4.07. The highest BCUT2D eigenvalue weighted by Crippen LogP contribution is 2.22. The minimum atomic E-state index is -0.968. The molecule has 0 radical (unpaired) electrons. The molecule has 92 valence electrons. The minimum absolute atomic E-state index is 0.118. The second-order valence-corrected chi connectivity index (χ2v) is 5.69. The first-order valence-electron chi connectivity index (χ1n) is 5.73. The molecule has 0 aliphatic carbocycles. The Kier molecular flexibility index (Phi) is 3.89. The summed E-state index contributed by atoms with van der Waals surface area (Å²) < 4.78 is 0. The van der Waals surface area contributed by atoms with Gasteiger partial charge in [0.05, 0.1) is 0 Å². The Bertz CT molecular complexity index is 411. The van der Waals surface area contributed by atoms with Crippen molar-refractivity contribution in [3.05, 3.63) is 23.9 Å². The quantitative estimate of drug-likeness (QED) is 0.873. The Labute approximate surface area is 105 Å². The fourth-order valence-corrected chi connectivity index (χ4v) is 2.84. The van der Waals surface area contributed by atoms with E-state index in [0.717, 1.165) is 31.1 Å². The largest absolute Gasteiger partial charge is 0.477 e. The summed E-state index contributed by atoms with van der Waals surface area (Å²) in [6.07, 6.45) is 1.11. The molecule has 0 aromatic carbocycles. The Hall–Kier alpha value is -1.23. The topological polar surface area (TPSA) is 53.4 Å². The molecule has 1 N–H and O–H groups in total. The number of nitrogens with zero attached hydrogens (tertiary/aromatic N) is 2. The van der Waals surface area contributed by atoms with Crippen LogP contribution in [0.2, 0.25) is 0 Å². The number of thioether (sulfide) groups is 1. The maximum atomic E-state index is 10.9. The van der Waals surface area contributed by atoms with Crippen molar-refractivity contribution in [3.8, 4) is 0 Å². The Morgan fingerprint density at radius 3 is 3.12 bits per heavy atom. The number of aromatic nitrogens is 1. The van der Waals surface area contributed by atoms with Crippen molar-refractivity contribution in [1.82, 2.24) is 4.98 Å². The van der Waals surface area contributed by atoms with Gasteiger partial charge in [-0.05, 0) is 18.6 Å². The fraction of sp³-hybridized carbons (Fsp3) is 0.500. The van der Waals surface area contributed by atoms with E-state index in [1.807, 2.05) is 17.8 Å². The maximum Gasteiger partial charge on any atom is 0.354 e. The predicted octanol–water partition coefficient (Wildman–Crippen LogP) is 2.11. The summed E-state index contributed by atoms with van der Waals surface area (Å²) >= 11 is 1.96. The van der Waals surface area contributed by atoms with Gasteiger partial charge in [-0.3, -0.25) is 0 Å². The van der Waals surface area contributed by atoms with Gasteiger partial charge in [0.2, 0.25) is 0 Å². The van der Waals surface area contributed by atoms with Gasteiger partial charge in [0.25, 0.3) is 0 Å². The van der Waals surface area contributed by atoms with Crippen LogP contribution in [-0.2, 0) is 0 Å². The summed E-state index contributed by atoms with van der Waals surface area (Å²) in [6.45, 7) is 4.12. The van der Waals surface area contributed by atoms with Crippen LogP contribution in [0.15, 0.2) is 18.2 Å². The number of rotatable bonds is 2. The smallest absolute Gasteiger partial charge is 0.354 e. The highest BCUT2D eigenvalue weighted by Gasteiger charge is 2.16. The number of carboxylic acids is 1. The van der Waals surface area contributed by atoms with Crippen LogP contribution >= 0.6 is 11.8 Å². The van der Waals surface area contributed by atoms with E-state index in [-0.39, 0.29) is 5.69 Å². The van der Waals surface area contributed by atoms with Gasteiger partial charge in [-0.1, -0.05) is 13.0 Å². The van der Waals surface area contributed by atoms with E-state index in [1.165, 1.54) is 6.07 Å². The minimum Gasteiger partial charge on any atom is -0.477 e. The molecule has 2 rings (SSSR count). The van der Waals surface area contributed by atoms with Crippen LogP contribution in [0.1, 0.15) is 23.8 Å². The normalized spacial score (nSPS) is 21.0. The number of pyridine rings is 1. The predicted molar refractivity (Wildman–Crippen MR) is 69.9 cm³/mol. The van der Waals surface area contributed by atoms with Crippen molar-refractivity contribution >= 4 is 23.5 Å². The third kappa shape index (κ3) is 3.12. The van der Waals surface area contributed by atoms with Crippen LogP contribution in [0.3, 0.4) is 0 Å². The zero-order chi connectivity index (χ0) is 12.3. The van der Waals surface area contributed by atoms with Gasteiger partial charge in [0, 0.05) is 24.1 Å². The van der Waals surface area contributed by atoms with Gasteiger partial charge in [-0.25, -0.2) is 9.78 Å². The molecular weight excluding hydrogens is 236 g/mol. The van der Waals surface area contributed by atoms with Gasteiger partial charge >= 0.3 is 5.97 Å². The first-order chi connectivity index (χ1) is 8.16. The first-order valence-corrected chi connectivity index (χ1v) is 6.78. The van der Waals surface area contributed by atoms with Crippen molar-refractivity contribution < 1.29 is 9.90 Å². The summed E-state index contributed by atoms with van der Waals surface area (Å²) in [5.41, 5.74) is 0.118. The molecule has 1 aliphatic rings. The van der Waals surface area contributed by atoms with Crippen LogP contribution < -0.4 is 4.90 Å². The van der Waals surface area contributed by atoms with E-state index >= 15 is 0 Å². The summed E-state index contributed by atoms with van der Waals surface area (Å²) in [6, 6.07) is 5.17. The van der Waals surface area contributed by atoms with E-state index in [9.17, 15) is 4.79 Å². The first kappa shape index (κ1) is 12.2. The van der Waals surface area contributed by atoms with E-state index in [1.54, 1.807) is 6.07 Å². The van der Waals surface area contributed by atoms with Crippen molar-refractivity contribution in [1.29, 1.82) is 0 Å². The van der Waals surface area contributed by atoms with Gasteiger partial charge in [-0.15, -0.1) is 0 Å². The molecule has 0 saturated carbocycles. The molecule has 5 heteroatoms. The molecular formula is C12H16N2O2S. The lowest BCUT2D eigenvalue weighted by Gasteiger charge is -2.21. The lowest BCUT2D eigenvalue weighted by Crippen LogP contribution is -2.27. The number of anilines is 1. The van der Waals surface area contributed by atoms with Gasteiger partial charge in [0.1, 0.15) is 5.82 Å². The zero-order valence-electron chi connectivity index (χ0n) is 9.80. The molecule has 1 fully saturated rings. The second kappa shape index (κ2) is 5.40. The molecule has 1 atom stereocenters. The molecule has 1 aliphatic heterocycles. The number of hydrogen-bond donors (Lipinski definition) is 1. The highest BCUT2D eigenvalue weighted by molar-refractivity contribution is 7.99.